The molecule has 2 rings (SSSR count). The maximum atomic E-state index is 9.72. The summed E-state index contributed by atoms with van der Waals surface area (Å²) in [6, 6.07) is 3.80. The second kappa shape index (κ2) is 6.33. The summed E-state index contributed by atoms with van der Waals surface area (Å²) >= 11 is 1.49. The molecule has 0 saturated heterocycles. The van der Waals surface area contributed by atoms with Crippen LogP contribution in [0, 0.1) is 20.8 Å². The monoisotopic (exact) mass is 289 g/mol. The van der Waals surface area contributed by atoms with Crippen LogP contribution in [0.2, 0.25) is 0 Å². The molecule has 1 N–H and O–H groups in total. The minimum atomic E-state index is -0.492. The molecule has 106 valence electrons. The SMILES string of the molecule is CC[C@@H](O)c1ccc(Sc2nc(C)c(C)c(C)n2)cn1. The van der Waals surface area contributed by atoms with Gasteiger partial charge in [-0.2, -0.15) is 0 Å². The molecule has 2 heterocycles. The van der Waals surface area contributed by atoms with E-state index in [0.29, 0.717) is 12.1 Å². The molecule has 0 bridgehead atoms. The Kier molecular flexibility index (Phi) is 4.73. The summed E-state index contributed by atoms with van der Waals surface area (Å²) in [5.41, 5.74) is 3.85. The molecule has 20 heavy (non-hydrogen) atoms. The number of aliphatic hydroxyl groups excluding tert-OH is 1. The van der Waals surface area contributed by atoms with Crippen LogP contribution >= 0.6 is 11.8 Å². The smallest absolute Gasteiger partial charge is 0.192 e. The molecule has 4 nitrogen and oxygen atoms in total. The number of nitrogens with zero attached hydrogens (tertiary/aromatic N) is 3. The van der Waals surface area contributed by atoms with Crippen molar-refractivity contribution in [2.24, 2.45) is 0 Å². The van der Waals surface area contributed by atoms with E-state index in [1.54, 1.807) is 6.20 Å². The number of rotatable bonds is 4. The Morgan fingerprint density at radius 1 is 1.15 bits per heavy atom. The lowest BCUT2D eigenvalue weighted by Crippen LogP contribution is -1.99. The highest BCUT2D eigenvalue weighted by atomic mass is 32.2. The van der Waals surface area contributed by atoms with Crippen molar-refractivity contribution in [1.29, 1.82) is 0 Å². The van der Waals surface area contributed by atoms with E-state index in [0.717, 1.165) is 27.0 Å². The maximum absolute atomic E-state index is 9.72. The zero-order chi connectivity index (χ0) is 14.7. The van der Waals surface area contributed by atoms with E-state index in [2.05, 4.69) is 15.0 Å². The van der Waals surface area contributed by atoms with Gasteiger partial charge < -0.3 is 5.11 Å². The van der Waals surface area contributed by atoms with Gasteiger partial charge in [0.25, 0.3) is 0 Å². The van der Waals surface area contributed by atoms with E-state index >= 15 is 0 Å². The molecule has 0 aliphatic heterocycles. The van der Waals surface area contributed by atoms with Gasteiger partial charge in [0.05, 0.1) is 11.8 Å². The van der Waals surface area contributed by atoms with Gasteiger partial charge in [0.15, 0.2) is 5.16 Å². The molecule has 0 aromatic carbocycles. The van der Waals surface area contributed by atoms with Gasteiger partial charge in [-0.05, 0) is 56.7 Å². The molecule has 0 unspecified atom stereocenters. The molecule has 0 radical (unpaired) electrons. The van der Waals surface area contributed by atoms with Gasteiger partial charge >= 0.3 is 0 Å². The topological polar surface area (TPSA) is 58.9 Å². The fourth-order valence-corrected chi connectivity index (χ4v) is 2.57. The Hall–Kier alpha value is -1.46. The highest BCUT2D eigenvalue weighted by Gasteiger charge is 2.09. The zero-order valence-corrected chi connectivity index (χ0v) is 13.0. The van der Waals surface area contributed by atoms with E-state index in [1.165, 1.54) is 11.8 Å². The molecule has 0 spiro atoms. The Labute approximate surface area is 123 Å². The van der Waals surface area contributed by atoms with Gasteiger partial charge in [0, 0.05) is 22.5 Å². The van der Waals surface area contributed by atoms with Crippen molar-refractivity contribution in [2.75, 3.05) is 0 Å². The average Bonchev–Trinajstić information content (AvgIpc) is 2.44. The zero-order valence-electron chi connectivity index (χ0n) is 12.2. The van der Waals surface area contributed by atoms with Crippen LogP contribution in [0.3, 0.4) is 0 Å². The van der Waals surface area contributed by atoms with Crippen molar-refractivity contribution in [2.45, 2.75) is 50.3 Å². The summed E-state index contributed by atoms with van der Waals surface area (Å²) in [6.45, 7) is 7.95. The Balaban J connectivity index is 2.18. The minimum Gasteiger partial charge on any atom is -0.387 e. The van der Waals surface area contributed by atoms with Gasteiger partial charge in [0.2, 0.25) is 0 Å². The lowest BCUT2D eigenvalue weighted by Gasteiger charge is -2.08. The first-order chi connectivity index (χ1) is 9.51. The van der Waals surface area contributed by atoms with Crippen LogP contribution in [0.4, 0.5) is 0 Å². The highest BCUT2D eigenvalue weighted by Crippen LogP contribution is 2.26. The third kappa shape index (κ3) is 3.35. The first-order valence-electron chi connectivity index (χ1n) is 6.65. The second-order valence-electron chi connectivity index (χ2n) is 4.75. The number of aliphatic hydroxyl groups is 1. The number of aryl methyl sites for hydroxylation is 2. The normalized spacial score (nSPS) is 12.4. The van der Waals surface area contributed by atoms with Crippen LogP contribution in [0.5, 0.6) is 0 Å². The van der Waals surface area contributed by atoms with Crippen molar-refractivity contribution in [3.05, 3.63) is 41.0 Å². The average molecular weight is 289 g/mol. The summed E-state index contributed by atoms with van der Waals surface area (Å²) < 4.78 is 0. The number of hydrogen-bond acceptors (Lipinski definition) is 5. The summed E-state index contributed by atoms with van der Waals surface area (Å²) in [5.74, 6) is 0. The van der Waals surface area contributed by atoms with E-state index < -0.39 is 6.10 Å². The lowest BCUT2D eigenvalue weighted by atomic mass is 10.2. The van der Waals surface area contributed by atoms with Crippen LogP contribution in [0.25, 0.3) is 0 Å². The van der Waals surface area contributed by atoms with Gasteiger partial charge in [-0.3, -0.25) is 4.98 Å². The van der Waals surface area contributed by atoms with Crippen LogP contribution in [-0.2, 0) is 0 Å². The van der Waals surface area contributed by atoms with E-state index in [-0.39, 0.29) is 0 Å². The highest BCUT2D eigenvalue weighted by molar-refractivity contribution is 7.99. The predicted molar refractivity (Wildman–Crippen MR) is 79.9 cm³/mol. The van der Waals surface area contributed by atoms with Crippen LogP contribution in [-0.4, -0.2) is 20.1 Å². The second-order valence-corrected chi connectivity index (χ2v) is 5.79. The molecule has 0 amide bonds. The minimum absolute atomic E-state index is 0.492. The quantitative estimate of drug-likeness (QED) is 0.874. The predicted octanol–water partition coefficient (Wildman–Crippen LogP) is 3.39. The van der Waals surface area contributed by atoms with Gasteiger partial charge in [-0.15, -0.1) is 0 Å². The lowest BCUT2D eigenvalue weighted by molar-refractivity contribution is 0.169. The van der Waals surface area contributed by atoms with Gasteiger partial charge in [0.1, 0.15) is 0 Å². The largest absolute Gasteiger partial charge is 0.387 e. The van der Waals surface area contributed by atoms with Crippen molar-refractivity contribution in [1.82, 2.24) is 15.0 Å². The third-order valence-electron chi connectivity index (χ3n) is 3.31. The molecule has 1 atom stereocenters. The molecular formula is C15H19N3OS. The molecule has 2 aromatic rings. The standard InChI is InChI=1S/C15H19N3OS/c1-5-14(19)13-7-6-12(8-16-13)20-15-17-10(3)9(2)11(4)18-15/h6-8,14,19H,5H2,1-4H3/t14-/m1/s1. The molecule has 0 saturated carbocycles. The molecule has 0 fully saturated rings. The number of hydrogen-bond donors (Lipinski definition) is 1. The van der Waals surface area contributed by atoms with Gasteiger partial charge in [-0.25, -0.2) is 9.97 Å². The van der Waals surface area contributed by atoms with Crippen molar-refractivity contribution in [3.8, 4) is 0 Å². The van der Waals surface area contributed by atoms with E-state index in [4.69, 9.17) is 0 Å². The first-order valence-corrected chi connectivity index (χ1v) is 7.46. The Morgan fingerprint density at radius 2 is 1.80 bits per heavy atom. The third-order valence-corrected chi connectivity index (χ3v) is 4.15. The molecular weight excluding hydrogens is 270 g/mol. The molecule has 0 aliphatic rings. The van der Waals surface area contributed by atoms with E-state index in [1.807, 2.05) is 39.8 Å². The number of aromatic nitrogens is 3. The summed E-state index contributed by atoms with van der Waals surface area (Å²) in [7, 11) is 0. The molecule has 5 heteroatoms. The summed E-state index contributed by atoms with van der Waals surface area (Å²) in [4.78, 5) is 14.2. The fourth-order valence-electron chi connectivity index (χ4n) is 1.75. The first kappa shape index (κ1) is 14.9. The van der Waals surface area contributed by atoms with Crippen LogP contribution in [0.15, 0.2) is 28.4 Å². The molecule has 0 aliphatic carbocycles. The Bertz CT molecular complexity index is 576. The van der Waals surface area contributed by atoms with Crippen molar-refractivity contribution >= 4 is 11.8 Å². The summed E-state index contributed by atoms with van der Waals surface area (Å²) in [6.07, 6.45) is 1.93. The van der Waals surface area contributed by atoms with Gasteiger partial charge in [-0.1, -0.05) is 6.92 Å². The van der Waals surface area contributed by atoms with Crippen LogP contribution < -0.4 is 0 Å². The maximum Gasteiger partial charge on any atom is 0.192 e. The summed E-state index contributed by atoms with van der Waals surface area (Å²) in [5, 5.41) is 10.5. The van der Waals surface area contributed by atoms with Crippen molar-refractivity contribution < 1.29 is 5.11 Å². The van der Waals surface area contributed by atoms with E-state index in [9.17, 15) is 5.11 Å². The molecule has 2 aromatic heterocycles. The Morgan fingerprint density at radius 3 is 2.30 bits per heavy atom. The van der Waals surface area contributed by atoms with Crippen molar-refractivity contribution in [3.63, 3.8) is 0 Å². The fraction of sp³-hybridized carbons (Fsp3) is 0.400. The van der Waals surface area contributed by atoms with Crippen LogP contribution in [0.1, 0.15) is 42.1 Å². The number of pyridine rings is 1.